The van der Waals surface area contributed by atoms with Gasteiger partial charge in [0.05, 0.1) is 39.3 Å². The third-order valence-corrected chi connectivity index (χ3v) is 14.0. The summed E-state index contributed by atoms with van der Waals surface area (Å²) in [5.74, 6) is -6.61. The number of benzene rings is 3. The van der Waals surface area contributed by atoms with Crippen molar-refractivity contribution in [3.05, 3.63) is 106 Å². The van der Waals surface area contributed by atoms with Crippen molar-refractivity contribution in [3.63, 3.8) is 0 Å². The molecule has 278 valence electrons. The highest BCUT2D eigenvalue weighted by atomic mass is 35.5. The second-order valence-electron chi connectivity index (χ2n) is 15.2. The molecule has 2 saturated heterocycles. The maximum Gasteiger partial charge on any atom is 0.335 e. The van der Waals surface area contributed by atoms with Gasteiger partial charge >= 0.3 is 5.97 Å². The van der Waals surface area contributed by atoms with Crippen LogP contribution in [0.5, 0.6) is 5.75 Å². The van der Waals surface area contributed by atoms with Crippen molar-refractivity contribution in [3.8, 4) is 16.3 Å². The SMILES string of the molecule is Cc1cccc([C@H]2C3=CC[C@@H]4C(=O)N(c5cccc(C(=O)O)c5)C(=O)[C@@H]4[C@@H]3C[C@H]3C(=O)N(c4cc(-c5sc6ccc(Cl)cc6c5C)nn4C)C(=O)[C@@]23C)c1O. The number of fused-ring (bicyclic) bond motifs is 5. The highest BCUT2D eigenvalue weighted by molar-refractivity contribution is 7.22. The zero-order chi connectivity index (χ0) is 38.8. The Morgan fingerprint density at radius 3 is 2.47 bits per heavy atom. The summed E-state index contributed by atoms with van der Waals surface area (Å²) < 4.78 is 2.56. The first-order chi connectivity index (χ1) is 26.2. The van der Waals surface area contributed by atoms with Gasteiger partial charge in [0.2, 0.25) is 23.6 Å². The fraction of sp³-hybridized carbons (Fsp3) is 0.286. The number of carboxylic acids is 1. The summed E-state index contributed by atoms with van der Waals surface area (Å²) in [4.78, 5) is 73.4. The van der Waals surface area contributed by atoms with E-state index in [-0.39, 0.29) is 29.8 Å². The molecule has 9 rings (SSSR count). The Balaban J connectivity index is 1.15. The van der Waals surface area contributed by atoms with Crippen LogP contribution in [-0.2, 0) is 26.2 Å². The Morgan fingerprint density at radius 2 is 1.71 bits per heavy atom. The second-order valence-corrected chi connectivity index (χ2v) is 16.7. The number of carbonyl (C=O) groups is 5. The summed E-state index contributed by atoms with van der Waals surface area (Å²) in [6.45, 7) is 5.53. The number of halogens is 1. The number of hydrogen-bond acceptors (Lipinski definition) is 8. The zero-order valence-corrected chi connectivity index (χ0v) is 31.8. The van der Waals surface area contributed by atoms with Crippen LogP contribution in [-0.4, -0.2) is 49.6 Å². The number of aromatic carboxylic acids is 1. The number of amides is 4. The maximum absolute atomic E-state index is 15.1. The molecule has 3 fully saturated rings. The largest absolute Gasteiger partial charge is 0.507 e. The minimum Gasteiger partial charge on any atom is -0.507 e. The van der Waals surface area contributed by atoms with Crippen LogP contribution >= 0.6 is 22.9 Å². The fourth-order valence-electron chi connectivity index (χ4n) is 9.74. The molecule has 2 N–H and O–H groups in total. The van der Waals surface area contributed by atoms with Gasteiger partial charge in [-0.25, -0.2) is 9.69 Å². The Morgan fingerprint density at radius 1 is 0.945 bits per heavy atom. The molecule has 11 nitrogen and oxygen atoms in total. The molecule has 6 atom stereocenters. The summed E-state index contributed by atoms with van der Waals surface area (Å²) in [7, 11) is 1.69. The number of para-hydroxylation sites is 1. The monoisotopic (exact) mass is 774 g/mol. The standard InChI is InChI=1S/C42H35ClN4O7S/c1-19-7-5-10-26(35(19)48)34-24-12-13-25-33(39(51)46(37(25)49)23-9-6-8-21(15-23)40(52)53)28(24)17-29-38(50)47(41(54)42(29,34)3)32-18-30(44-45(32)4)36-20(2)27-16-22(43)11-14-31(27)55-36/h5-12,14-16,18,25,28-29,33-34,48H,13,17H2,1-4H3,(H,52,53)/t25-,28+,29-,33-,34+,42+/m0/s1. The number of aromatic hydroxyl groups is 1. The first-order valence-electron chi connectivity index (χ1n) is 18.0. The van der Waals surface area contributed by atoms with Crippen LogP contribution in [0, 0.1) is 42.9 Å². The molecule has 2 aromatic heterocycles. The zero-order valence-electron chi connectivity index (χ0n) is 30.2. The van der Waals surface area contributed by atoms with E-state index in [1.54, 1.807) is 56.5 Å². The molecule has 0 bridgehead atoms. The van der Waals surface area contributed by atoms with Crippen molar-refractivity contribution in [2.24, 2.45) is 36.1 Å². The van der Waals surface area contributed by atoms with E-state index >= 15 is 4.79 Å². The Hall–Kier alpha value is -5.59. The summed E-state index contributed by atoms with van der Waals surface area (Å²) in [6.07, 6.45) is 2.24. The van der Waals surface area contributed by atoms with Crippen LogP contribution in [0.4, 0.5) is 11.5 Å². The predicted octanol–water partition coefficient (Wildman–Crippen LogP) is 7.41. The molecule has 3 aromatic carbocycles. The van der Waals surface area contributed by atoms with Crippen LogP contribution in [0.15, 0.2) is 78.4 Å². The molecule has 5 aromatic rings. The number of aromatic nitrogens is 2. The van der Waals surface area contributed by atoms with E-state index in [1.165, 1.54) is 33.8 Å². The molecule has 4 amide bonds. The number of carboxylic acid groups (broad SMARTS) is 1. The summed E-state index contributed by atoms with van der Waals surface area (Å²) in [5, 5.41) is 27.6. The Bertz CT molecular complexity index is 2610. The molecule has 4 heterocycles. The number of rotatable bonds is 5. The van der Waals surface area contributed by atoms with Gasteiger partial charge in [-0.05, 0) is 92.4 Å². The number of anilines is 2. The van der Waals surface area contributed by atoms with Gasteiger partial charge in [-0.3, -0.25) is 28.8 Å². The van der Waals surface area contributed by atoms with E-state index in [0.29, 0.717) is 27.7 Å². The van der Waals surface area contributed by atoms with E-state index in [2.05, 4.69) is 0 Å². The average Bonchev–Trinajstić information content (AvgIpc) is 3.83. The number of aryl methyl sites for hydroxylation is 3. The van der Waals surface area contributed by atoms with E-state index in [0.717, 1.165) is 31.0 Å². The molecule has 2 aliphatic heterocycles. The number of phenols is 1. The number of allylic oxidation sites excluding steroid dienone is 2. The third-order valence-electron chi connectivity index (χ3n) is 12.4. The van der Waals surface area contributed by atoms with Crippen LogP contribution in [0.3, 0.4) is 0 Å². The van der Waals surface area contributed by atoms with E-state index < -0.39 is 64.6 Å². The van der Waals surface area contributed by atoms with Gasteiger partial charge in [0.25, 0.3) is 0 Å². The van der Waals surface area contributed by atoms with Gasteiger partial charge in [-0.2, -0.15) is 5.10 Å². The lowest BCUT2D eigenvalue weighted by Gasteiger charge is -2.49. The van der Waals surface area contributed by atoms with E-state index in [4.69, 9.17) is 16.7 Å². The lowest BCUT2D eigenvalue weighted by molar-refractivity contribution is -0.131. The smallest absolute Gasteiger partial charge is 0.335 e. The Labute approximate surface area is 324 Å². The average molecular weight is 775 g/mol. The molecule has 4 aliphatic rings. The predicted molar refractivity (Wildman–Crippen MR) is 207 cm³/mol. The van der Waals surface area contributed by atoms with Crippen LogP contribution < -0.4 is 9.80 Å². The highest BCUT2D eigenvalue weighted by Crippen LogP contribution is 2.64. The van der Waals surface area contributed by atoms with Crippen molar-refractivity contribution in [1.29, 1.82) is 0 Å². The molecule has 1 saturated carbocycles. The number of phenolic OH excluding ortho intramolecular Hbond substituents is 1. The van der Waals surface area contributed by atoms with Gasteiger partial charge in [0.15, 0.2) is 0 Å². The van der Waals surface area contributed by atoms with Gasteiger partial charge in [-0.1, -0.05) is 47.5 Å². The normalized spacial score (nSPS) is 26.1. The van der Waals surface area contributed by atoms with Gasteiger partial charge < -0.3 is 10.2 Å². The number of hydrogen-bond donors (Lipinski definition) is 2. The van der Waals surface area contributed by atoms with Gasteiger partial charge in [0, 0.05) is 34.3 Å². The van der Waals surface area contributed by atoms with Crippen molar-refractivity contribution in [2.75, 3.05) is 9.80 Å². The number of imide groups is 2. The van der Waals surface area contributed by atoms with Crippen molar-refractivity contribution < 1.29 is 34.2 Å². The van der Waals surface area contributed by atoms with E-state index in [9.17, 15) is 29.4 Å². The van der Waals surface area contributed by atoms with Crippen LogP contribution in [0.2, 0.25) is 5.02 Å². The first kappa shape index (κ1) is 35.1. The quantitative estimate of drug-likeness (QED) is 0.139. The number of thiophene rings is 1. The highest BCUT2D eigenvalue weighted by Gasteiger charge is 2.68. The minimum atomic E-state index is -1.37. The number of carbonyl (C=O) groups excluding carboxylic acids is 4. The first-order valence-corrected chi connectivity index (χ1v) is 19.2. The fourth-order valence-corrected chi connectivity index (χ4v) is 11.1. The van der Waals surface area contributed by atoms with Gasteiger partial charge in [-0.15, -0.1) is 11.3 Å². The van der Waals surface area contributed by atoms with Crippen molar-refractivity contribution in [2.45, 2.75) is 39.5 Å². The van der Waals surface area contributed by atoms with Crippen molar-refractivity contribution in [1.82, 2.24) is 9.78 Å². The van der Waals surface area contributed by atoms with Crippen molar-refractivity contribution >= 4 is 74.1 Å². The third kappa shape index (κ3) is 4.86. The maximum atomic E-state index is 15.1. The summed E-state index contributed by atoms with van der Waals surface area (Å²) in [5.41, 5.74) is 2.12. The number of nitrogens with zero attached hydrogens (tertiary/aromatic N) is 4. The Kier molecular flexibility index (Phi) is 7.80. The molecule has 0 radical (unpaired) electrons. The molecule has 0 spiro atoms. The molecular formula is C42H35ClN4O7S. The minimum absolute atomic E-state index is 0.000978. The second kappa shape index (κ2) is 12.2. The van der Waals surface area contributed by atoms with Gasteiger partial charge in [0.1, 0.15) is 17.3 Å². The molecule has 13 heteroatoms. The molecular weight excluding hydrogens is 740 g/mol. The topological polar surface area (TPSA) is 150 Å². The molecule has 2 aliphatic carbocycles. The summed E-state index contributed by atoms with van der Waals surface area (Å²) >= 11 is 7.85. The van der Waals surface area contributed by atoms with Crippen LogP contribution in [0.1, 0.15) is 52.7 Å². The molecule has 55 heavy (non-hydrogen) atoms. The van der Waals surface area contributed by atoms with E-state index in [1.807, 2.05) is 31.2 Å². The summed E-state index contributed by atoms with van der Waals surface area (Å²) in [6, 6.07) is 18.5. The van der Waals surface area contributed by atoms with Crippen LogP contribution in [0.25, 0.3) is 20.7 Å². The molecule has 0 unspecified atom stereocenters. The lowest BCUT2D eigenvalue weighted by Crippen LogP contribution is -2.49. The lowest BCUT2D eigenvalue weighted by atomic mass is 9.51.